The molecule has 0 saturated carbocycles. The highest BCUT2D eigenvalue weighted by Crippen LogP contribution is 2.34. The van der Waals surface area contributed by atoms with Gasteiger partial charge in [0.05, 0.1) is 11.0 Å². The van der Waals surface area contributed by atoms with Crippen LogP contribution in [0.4, 0.5) is 5.69 Å². The number of benzene rings is 2. The van der Waals surface area contributed by atoms with Crippen molar-refractivity contribution in [2.24, 2.45) is 7.05 Å². The van der Waals surface area contributed by atoms with E-state index >= 15 is 0 Å². The number of carbonyl (C=O) groups excluding carboxylic acids is 1. The summed E-state index contributed by atoms with van der Waals surface area (Å²) in [6.45, 7) is 2.83. The van der Waals surface area contributed by atoms with Crippen LogP contribution in [0.15, 0.2) is 48.5 Å². The molecule has 122 valence electrons. The molecule has 1 unspecified atom stereocenters. The summed E-state index contributed by atoms with van der Waals surface area (Å²) >= 11 is 0. The molecular weight excluding hydrogens is 298 g/mol. The van der Waals surface area contributed by atoms with Gasteiger partial charge < -0.3 is 9.47 Å². The quantitative estimate of drug-likeness (QED) is 0.739. The Bertz CT molecular complexity index is 912. The van der Waals surface area contributed by atoms with Crippen LogP contribution in [0.2, 0.25) is 0 Å². The van der Waals surface area contributed by atoms with E-state index in [1.807, 2.05) is 48.3 Å². The zero-order valence-electron chi connectivity index (χ0n) is 14.1. The first-order chi connectivity index (χ1) is 11.7. The van der Waals surface area contributed by atoms with Gasteiger partial charge in [0, 0.05) is 31.6 Å². The number of hydrogen-bond donors (Lipinski definition) is 0. The first-order valence-corrected chi connectivity index (χ1v) is 8.48. The topological polar surface area (TPSA) is 38.1 Å². The van der Waals surface area contributed by atoms with Crippen molar-refractivity contribution in [3.63, 3.8) is 0 Å². The van der Waals surface area contributed by atoms with Gasteiger partial charge in [-0.3, -0.25) is 4.79 Å². The van der Waals surface area contributed by atoms with Crippen molar-refractivity contribution in [2.45, 2.75) is 25.7 Å². The maximum absolute atomic E-state index is 12.6. The van der Waals surface area contributed by atoms with Gasteiger partial charge in [0.2, 0.25) is 5.91 Å². The maximum atomic E-state index is 12.6. The molecule has 1 atom stereocenters. The summed E-state index contributed by atoms with van der Waals surface area (Å²) in [5.74, 6) is 1.33. The maximum Gasteiger partial charge on any atom is 0.227 e. The van der Waals surface area contributed by atoms with Crippen molar-refractivity contribution < 1.29 is 4.79 Å². The largest absolute Gasteiger partial charge is 0.331 e. The van der Waals surface area contributed by atoms with Gasteiger partial charge in [-0.15, -0.1) is 0 Å². The summed E-state index contributed by atoms with van der Waals surface area (Å²) in [7, 11) is 2.04. The second kappa shape index (κ2) is 5.78. The van der Waals surface area contributed by atoms with Gasteiger partial charge in [0.25, 0.3) is 0 Å². The van der Waals surface area contributed by atoms with Gasteiger partial charge in [-0.2, -0.15) is 0 Å². The van der Waals surface area contributed by atoms with E-state index in [2.05, 4.69) is 23.6 Å². The van der Waals surface area contributed by atoms with Crippen molar-refractivity contribution in [1.29, 1.82) is 0 Å². The Morgan fingerprint density at radius 1 is 1.12 bits per heavy atom. The van der Waals surface area contributed by atoms with Gasteiger partial charge >= 0.3 is 0 Å². The molecule has 0 N–H and O–H groups in total. The monoisotopic (exact) mass is 319 g/mol. The number of fused-ring (bicyclic) bond motifs is 1. The zero-order chi connectivity index (χ0) is 16.7. The van der Waals surface area contributed by atoms with Gasteiger partial charge in [-0.1, -0.05) is 37.3 Å². The number of nitrogens with zero attached hydrogens (tertiary/aromatic N) is 3. The lowest BCUT2D eigenvalue weighted by atomic mass is 10.1. The van der Waals surface area contributed by atoms with Gasteiger partial charge in [0.15, 0.2) is 0 Å². The van der Waals surface area contributed by atoms with Gasteiger partial charge in [-0.05, 0) is 30.2 Å². The molecule has 0 aliphatic carbocycles. The number of hydrogen-bond acceptors (Lipinski definition) is 2. The lowest BCUT2D eigenvalue weighted by Crippen LogP contribution is -2.25. The van der Waals surface area contributed by atoms with Crippen LogP contribution in [0.3, 0.4) is 0 Å². The molecule has 4 rings (SSSR count). The summed E-state index contributed by atoms with van der Waals surface area (Å²) in [6, 6.07) is 16.3. The fourth-order valence-corrected chi connectivity index (χ4v) is 3.72. The van der Waals surface area contributed by atoms with Crippen LogP contribution in [-0.2, 0) is 18.3 Å². The summed E-state index contributed by atoms with van der Waals surface area (Å²) < 4.78 is 2.13. The minimum atomic E-state index is 0.139. The highest BCUT2D eigenvalue weighted by Gasteiger charge is 2.34. The molecule has 24 heavy (non-hydrogen) atoms. The molecule has 2 aromatic carbocycles. The average molecular weight is 319 g/mol. The van der Waals surface area contributed by atoms with Crippen molar-refractivity contribution in [1.82, 2.24) is 9.55 Å². The normalized spacial score (nSPS) is 17.8. The van der Waals surface area contributed by atoms with E-state index in [4.69, 9.17) is 4.98 Å². The van der Waals surface area contributed by atoms with Crippen LogP contribution < -0.4 is 4.90 Å². The fourth-order valence-electron chi connectivity index (χ4n) is 3.72. The summed E-state index contributed by atoms with van der Waals surface area (Å²) in [6.07, 6.45) is 1.45. The molecule has 1 aliphatic rings. The molecule has 1 saturated heterocycles. The Labute approximate surface area is 141 Å². The van der Waals surface area contributed by atoms with Crippen molar-refractivity contribution in [2.75, 3.05) is 11.4 Å². The molecule has 1 fully saturated rings. The second-order valence-electron chi connectivity index (χ2n) is 6.41. The number of imidazole rings is 1. The Morgan fingerprint density at radius 3 is 2.67 bits per heavy atom. The lowest BCUT2D eigenvalue weighted by Gasteiger charge is -2.20. The van der Waals surface area contributed by atoms with Crippen molar-refractivity contribution in [3.05, 3.63) is 59.9 Å². The Morgan fingerprint density at radius 2 is 1.88 bits per heavy atom. The Hall–Kier alpha value is -2.62. The number of anilines is 1. The molecule has 1 aliphatic heterocycles. The van der Waals surface area contributed by atoms with Crippen LogP contribution in [0, 0.1) is 0 Å². The summed E-state index contributed by atoms with van der Waals surface area (Å²) in [5, 5.41) is 0. The molecule has 1 amide bonds. The Kier molecular flexibility index (Phi) is 3.60. The summed E-state index contributed by atoms with van der Waals surface area (Å²) in [4.78, 5) is 19.4. The van der Waals surface area contributed by atoms with Crippen LogP contribution in [0.1, 0.15) is 30.7 Å². The number of para-hydroxylation sites is 3. The van der Waals surface area contributed by atoms with Crippen molar-refractivity contribution >= 4 is 22.6 Å². The van der Waals surface area contributed by atoms with E-state index in [0.717, 1.165) is 29.0 Å². The minimum absolute atomic E-state index is 0.139. The van der Waals surface area contributed by atoms with Crippen LogP contribution >= 0.6 is 0 Å². The number of aryl methyl sites for hydroxylation is 2. The van der Waals surface area contributed by atoms with Crippen LogP contribution in [-0.4, -0.2) is 22.0 Å². The molecule has 2 heterocycles. The van der Waals surface area contributed by atoms with Gasteiger partial charge in [-0.25, -0.2) is 4.98 Å². The second-order valence-corrected chi connectivity index (χ2v) is 6.41. The number of carbonyl (C=O) groups is 1. The molecule has 4 heteroatoms. The molecule has 0 radical (unpaired) electrons. The predicted octanol–water partition coefficient (Wildman–Crippen LogP) is 3.66. The average Bonchev–Trinajstić information content (AvgIpc) is 3.15. The third kappa shape index (κ3) is 2.30. The van der Waals surface area contributed by atoms with E-state index in [9.17, 15) is 4.79 Å². The third-order valence-electron chi connectivity index (χ3n) is 4.98. The highest BCUT2D eigenvalue weighted by atomic mass is 16.2. The third-order valence-corrected chi connectivity index (χ3v) is 4.98. The summed E-state index contributed by atoms with van der Waals surface area (Å²) in [5.41, 5.74) is 4.38. The van der Waals surface area contributed by atoms with E-state index in [-0.39, 0.29) is 11.8 Å². The first-order valence-electron chi connectivity index (χ1n) is 8.48. The SMILES string of the molecule is CCc1ccccc1N1CC(c2nc3ccccc3n2C)CC1=O. The van der Waals surface area contributed by atoms with E-state index in [1.54, 1.807) is 0 Å². The highest BCUT2D eigenvalue weighted by molar-refractivity contribution is 5.97. The predicted molar refractivity (Wildman–Crippen MR) is 96.2 cm³/mol. The zero-order valence-corrected chi connectivity index (χ0v) is 14.1. The number of amides is 1. The minimum Gasteiger partial charge on any atom is -0.331 e. The number of aromatic nitrogens is 2. The van der Waals surface area contributed by atoms with E-state index < -0.39 is 0 Å². The molecular formula is C20H21N3O. The molecule has 0 spiro atoms. The van der Waals surface area contributed by atoms with Gasteiger partial charge in [0.1, 0.15) is 5.82 Å². The Balaban J connectivity index is 1.69. The molecule has 0 bridgehead atoms. The van der Waals surface area contributed by atoms with Crippen LogP contribution in [0.5, 0.6) is 0 Å². The van der Waals surface area contributed by atoms with E-state index in [1.165, 1.54) is 5.56 Å². The number of rotatable bonds is 3. The molecule has 3 aromatic rings. The van der Waals surface area contributed by atoms with E-state index in [0.29, 0.717) is 13.0 Å². The van der Waals surface area contributed by atoms with Crippen LogP contribution in [0.25, 0.3) is 11.0 Å². The molecule has 4 nitrogen and oxygen atoms in total. The fraction of sp³-hybridized carbons (Fsp3) is 0.300. The van der Waals surface area contributed by atoms with Crippen molar-refractivity contribution in [3.8, 4) is 0 Å². The lowest BCUT2D eigenvalue weighted by molar-refractivity contribution is -0.117. The first kappa shape index (κ1) is 14.9. The molecule has 1 aromatic heterocycles. The smallest absolute Gasteiger partial charge is 0.227 e. The standard InChI is InChI=1S/C20H21N3O/c1-3-14-8-4-6-10-17(14)23-13-15(12-19(23)24)20-21-16-9-5-7-11-18(16)22(20)2/h4-11,15H,3,12-13H2,1-2H3.